The van der Waals surface area contributed by atoms with Gasteiger partial charge in [0.15, 0.2) is 5.69 Å². The zero-order valence-corrected chi connectivity index (χ0v) is 24.3. The lowest BCUT2D eigenvalue weighted by Crippen LogP contribution is -3.00. The van der Waals surface area contributed by atoms with E-state index in [1.807, 2.05) is 14.1 Å². The maximum atomic E-state index is 13.9. The number of carbonyl (C=O) groups is 1. The third kappa shape index (κ3) is 7.40. The highest BCUT2D eigenvalue weighted by atomic mass is 79.9. The van der Waals surface area contributed by atoms with Gasteiger partial charge in [0, 0.05) is 24.2 Å². The van der Waals surface area contributed by atoms with Crippen molar-refractivity contribution in [2.75, 3.05) is 31.3 Å². The first-order valence-corrected chi connectivity index (χ1v) is 12.1. The van der Waals surface area contributed by atoms with Gasteiger partial charge in [0.1, 0.15) is 30.3 Å². The maximum absolute atomic E-state index is 13.9. The summed E-state index contributed by atoms with van der Waals surface area (Å²) in [6, 6.07) is 6.24. The molecule has 4 aromatic rings. The number of rotatable bonds is 9. The van der Waals surface area contributed by atoms with Gasteiger partial charge in [-0.05, 0) is 56.2 Å². The third-order valence-electron chi connectivity index (χ3n) is 5.61. The minimum absolute atomic E-state index is 0. The van der Waals surface area contributed by atoms with Crippen molar-refractivity contribution in [2.24, 2.45) is 7.05 Å². The Morgan fingerprint density at radius 2 is 2.00 bits per heavy atom. The number of amides is 1. The highest BCUT2D eigenvalue weighted by Crippen LogP contribution is 2.26. The molecule has 3 heterocycles. The maximum Gasteiger partial charge on any atom is 0.390 e. The van der Waals surface area contributed by atoms with E-state index in [1.165, 1.54) is 31.0 Å². The lowest BCUT2D eigenvalue weighted by Gasteiger charge is -2.27. The number of nitro groups is 1. The van der Waals surface area contributed by atoms with E-state index in [9.17, 15) is 19.3 Å². The van der Waals surface area contributed by atoms with E-state index in [0.29, 0.717) is 50.1 Å². The molecule has 15 heteroatoms. The number of hydrogen-bond acceptors (Lipinski definition) is 8. The highest BCUT2D eigenvalue weighted by Gasteiger charge is 2.26. The standard InChI is InChI=1S/C24H23BrFN9O3.BrH/c1-33-14-30-24(34(37)38)20(33)12-35(2,3)8-4-5-22(36)32-21-10-16-19(11-27-21)28-13-29-23(16)31-15-6-7-17(25)18(26)9-15;/h4-7,9-11,13-14H,8,12H2,1-3H3,(H-,27,28,29,31,32,36);1H/b5-4+;. The second kappa shape index (κ2) is 12.4. The van der Waals surface area contributed by atoms with Crippen molar-refractivity contribution in [1.82, 2.24) is 24.5 Å². The Balaban J connectivity index is 0.00000420. The molecule has 0 spiro atoms. The van der Waals surface area contributed by atoms with Gasteiger partial charge in [-0.25, -0.2) is 19.3 Å². The van der Waals surface area contributed by atoms with Crippen LogP contribution in [0.2, 0.25) is 0 Å². The Labute approximate surface area is 241 Å². The molecule has 0 fully saturated rings. The molecule has 3 aromatic heterocycles. The van der Waals surface area contributed by atoms with Gasteiger partial charge in [-0.15, -0.1) is 0 Å². The number of nitrogens with one attached hydrogen (secondary N) is 2. The van der Waals surface area contributed by atoms with Crippen LogP contribution in [0.25, 0.3) is 10.9 Å². The van der Waals surface area contributed by atoms with E-state index in [2.05, 4.69) is 46.5 Å². The number of likely N-dealkylation sites (N-methyl/N-ethyl adjacent to an activating group) is 1. The molecule has 12 nitrogen and oxygen atoms in total. The summed E-state index contributed by atoms with van der Waals surface area (Å²) in [5.41, 5.74) is 1.53. The van der Waals surface area contributed by atoms with Gasteiger partial charge >= 0.3 is 5.82 Å². The van der Waals surface area contributed by atoms with Gasteiger partial charge in [0.25, 0.3) is 0 Å². The van der Waals surface area contributed by atoms with E-state index in [1.54, 1.807) is 35.9 Å². The Morgan fingerprint density at radius 3 is 2.72 bits per heavy atom. The smallest absolute Gasteiger partial charge is 0.390 e. The molecule has 204 valence electrons. The molecule has 0 unspecified atom stereocenters. The lowest BCUT2D eigenvalue weighted by atomic mass is 10.2. The molecule has 0 saturated carbocycles. The molecule has 4 rings (SSSR count). The molecule has 0 aliphatic heterocycles. The summed E-state index contributed by atoms with van der Waals surface area (Å²) in [7, 11) is 5.50. The van der Waals surface area contributed by atoms with Crippen molar-refractivity contribution in [3.8, 4) is 0 Å². The number of benzene rings is 1. The second-order valence-corrected chi connectivity index (χ2v) is 9.97. The molecule has 0 atom stereocenters. The molecular weight excluding hydrogens is 641 g/mol. The molecule has 0 radical (unpaired) electrons. The van der Waals surface area contributed by atoms with Crippen LogP contribution in [0.4, 0.5) is 27.5 Å². The van der Waals surface area contributed by atoms with Crippen molar-refractivity contribution in [1.29, 1.82) is 0 Å². The molecule has 0 bridgehead atoms. The molecule has 0 aliphatic rings. The monoisotopic (exact) mass is 663 g/mol. The van der Waals surface area contributed by atoms with Crippen molar-refractivity contribution in [2.45, 2.75) is 6.54 Å². The number of aryl methyl sites for hydroxylation is 1. The molecule has 39 heavy (non-hydrogen) atoms. The van der Waals surface area contributed by atoms with Crippen LogP contribution >= 0.6 is 15.9 Å². The van der Waals surface area contributed by atoms with Crippen LogP contribution in [0.3, 0.4) is 0 Å². The quantitative estimate of drug-likeness (QED) is 0.117. The van der Waals surface area contributed by atoms with Gasteiger partial charge in [0.05, 0.1) is 36.8 Å². The number of nitrogens with zero attached hydrogens (tertiary/aromatic N) is 7. The number of aromatic nitrogens is 5. The highest BCUT2D eigenvalue weighted by molar-refractivity contribution is 9.10. The first-order chi connectivity index (χ1) is 18.0. The largest absolute Gasteiger partial charge is 1.00 e. The van der Waals surface area contributed by atoms with E-state index in [4.69, 9.17) is 0 Å². The van der Waals surface area contributed by atoms with E-state index in [0.717, 1.165) is 0 Å². The average molecular weight is 665 g/mol. The number of pyridine rings is 1. The fourth-order valence-electron chi connectivity index (χ4n) is 3.70. The fourth-order valence-corrected chi connectivity index (χ4v) is 3.95. The predicted molar refractivity (Wildman–Crippen MR) is 143 cm³/mol. The van der Waals surface area contributed by atoms with Crippen LogP contribution in [0, 0.1) is 15.9 Å². The summed E-state index contributed by atoms with van der Waals surface area (Å²) in [6.45, 7) is 0.787. The zero-order chi connectivity index (χ0) is 27.4. The first kappa shape index (κ1) is 29.7. The van der Waals surface area contributed by atoms with Gasteiger partial charge in [0.2, 0.25) is 12.2 Å². The Hall–Kier alpha value is -3.82. The Morgan fingerprint density at radius 1 is 1.23 bits per heavy atom. The van der Waals surface area contributed by atoms with E-state index < -0.39 is 16.6 Å². The van der Waals surface area contributed by atoms with Crippen LogP contribution in [-0.4, -0.2) is 60.5 Å². The van der Waals surface area contributed by atoms with Crippen molar-refractivity contribution < 1.29 is 35.6 Å². The zero-order valence-electron chi connectivity index (χ0n) is 21.1. The van der Waals surface area contributed by atoms with Gasteiger partial charge in [-0.1, -0.05) is 0 Å². The van der Waals surface area contributed by atoms with Crippen molar-refractivity contribution in [3.05, 3.63) is 81.4 Å². The van der Waals surface area contributed by atoms with Crippen LogP contribution in [-0.2, 0) is 18.4 Å². The molecule has 0 saturated heterocycles. The van der Waals surface area contributed by atoms with Gasteiger partial charge in [-0.3, -0.25) is 4.79 Å². The molecule has 1 aromatic carbocycles. The number of quaternary nitrogens is 1. The van der Waals surface area contributed by atoms with Crippen molar-refractivity contribution in [3.63, 3.8) is 0 Å². The van der Waals surface area contributed by atoms with Gasteiger partial charge < -0.3 is 46.8 Å². The lowest BCUT2D eigenvalue weighted by molar-refractivity contribution is -0.898. The predicted octanol–water partition coefficient (Wildman–Crippen LogP) is 1.09. The Kier molecular flexibility index (Phi) is 9.42. The van der Waals surface area contributed by atoms with Crippen LogP contribution in [0.5, 0.6) is 0 Å². The SMILES string of the molecule is Cn1cnc([N+](=O)[O-])c1C[N+](C)(C)C/C=C/C(=O)Nc1cc2c(Nc3ccc(Br)c(F)c3)ncnc2cn1.[Br-]. The summed E-state index contributed by atoms with van der Waals surface area (Å²) < 4.78 is 16.3. The normalized spacial score (nSPS) is 11.4. The minimum Gasteiger partial charge on any atom is -1.00 e. The third-order valence-corrected chi connectivity index (χ3v) is 6.26. The van der Waals surface area contributed by atoms with Crippen molar-refractivity contribution >= 4 is 55.9 Å². The van der Waals surface area contributed by atoms with Crippen LogP contribution < -0.4 is 27.6 Å². The summed E-state index contributed by atoms with van der Waals surface area (Å²) >= 11 is 3.13. The minimum atomic E-state index is -0.502. The Bertz CT molecular complexity index is 1560. The second-order valence-electron chi connectivity index (χ2n) is 9.11. The first-order valence-electron chi connectivity index (χ1n) is 11.3. The number of hydrogen-bond donors (Lipinski definition) is 2. The average Bonchev–Trinajstić information content (AvgIpc) is 3.21. The summed E-state index contributed by atoms with van der Waals surface area (Å²) in [5, 5.41) is 17.6. The summed E-state index contributed by atoms with van der Waals surface area (Å²) in [4.78, 5) is 39.8. The number of halogens is 3. The molecule has 0 aliphatic carbocycles. The molecule has 1 amide bonds. The summed E-state index contributed by atoms with van der Waals surface area (Å²) in [5.74, 6) is -0.287. The van der Waals surface area contributed by atoms with Crippen LogP contribution in [0.1, 0.15) is 5.69 Å². The molecular formula is C24H24Br2FN9O3. The van der Waals surface area contributed by atoms with E-state index in [-0.39, 0.29) is 28.6 Å². The fraction of sp³-hybridized carbons (Fsp3) is 0.208. The summed E-state index contributed by atoms with van der Waals surface area (Å²) in [6.07, 6.45) is 7.36. The topological polar surface area (TPSA) is 141 Å². The number of fused-ring (bicyclic) bond motifs is 1. The van der Waals surface area contributed by atoms with E-state index >= 15 is 0 Å². The number of anilines is 3. The number of imidazole rings is 1. The number of carbonyl (C=O) groups excluding carboxylic acids is 1. The van der Waals surface area contributed by atoms with Gasteiger partial charge in [-0.2, -0.15) is 0 Å². The van der Waals surface area contributed by atoms with Crippen LogP contribution in [0.15, 0.2) is 59.7 Å². The molecule has 2 N–H and O–H groups in total.